The Labute approximate surface area is 202 Å². The molecule has 0 fully saturated rings. The number of aryl methyl sites for hydroxylation is 2. The van der Waals surface area contributed by atoms with Gasteiger partial charge in [-0.25, -0.2) is 4.79 Å². The summed E-state index contributed by atoms with van der Waals surface area (Å²) < 4.78 is 21.4. The SMILES string of the molecule is COc1cc(/C=C/C(=O)OCC(=O)Nc2cccc(C(C)=O)c2)ccc1OCc1c(C)noc1C. The van der Waals surface area contributed by atoms with Gasteiger partial charge in [0.15, 0.2) is 23.9 Å². The molecule has 3 aromatic rings. The minimum Gasteiger partial charge on any atom is -0.493 e. The topological polar surface area (TPSA) is 117 Å². The summed E-state index contributed by atoms with van der Waals surface area (Å²) in [4.78, 5) is 35.5. The van der Waals surface area contributed by atoms with Crippen LogP contribution in [0.1, 0.15) is 39.9 Å². The van der Waals surface area contributed by atoms with Crippen LogP contribution in [0.5, 0.6) is 11.5 Å². The van der Waals surface area contributed by atoms with Gasteiger partial charge in [-0.1, -0.05) is 23.4 Å². The number of rotatable bonds is 10. The number of carbonyl (C=O) groups is 3. The van der Waals surface area contributed by atoms with Crippen LogP contribution < -0.4 is 14.8 Å². The fourth-order valence-electron chi connectivity index (χ4n) is 3.13. The minimum atomic E-state index is -0.685. The molecule has 0 unspecified atom stereocenters. The molecule has 1 heterocycles. The molecule has 9 nitrogen and oxygen atoms in total. The minimum absolute atomic E-state index is 0.116. The molecule has 0 saturated heterocycles. The van der Waals surface area contributed by atoms with E-state index in [0.717, 1.165) is 11.3 Å². The van der Waals surface area contributed by atoms with Crippen molar-refractivity contribution in [2.45, 2.75) is 27.4 Å². The van der Waals surface area contributed by atoms with Crippen molar-refractivity contribution in [1.29, 1.82) is 0 Å². The third kappa shape index (κ3) is 7.04. The highest BCUT2D eigenvalue weighted by Gasteiger charge is 2.12. The zero-order valence-corrected chi connectivity index (χ0v) is 19.9. The molecule has 0 radical (unpaired) electrons. The predicted octanol–water partition coefficient (Wildman–Crippen LogP) is 4.28. The van der Waals surface area contributed by atoms with Gasteiger partial charge < -0.3 is 24.1 Å². The number of hydrogen-bond donors (Lipinski definition) is 1. The van der Waals surface area contributed by atoms with E-state index in [1.165, 1.54) is 26.2 Å². The summed E-state index contributed by atoms with van der Waals surface area (Å²) in [6.45, 7) is 4.91. The van der Waals surface area contributed by atoms with Crippen LogP contribution in [0, 0.1) is 13.8 Å². The molecule has 0 bridgehead atoms. The molecule has 35 heavy (non-hydrogen) atoms. The van der Waals surface area contributed by atoms with Gasteiger partial charge in [0.05, 0.1) is 18.4 Å². The maximum absolute atomic E-state index is 12.0. The van der Waals surface area contributed by atoms with E-state index in [-0.39, 0.29) is 12.4 Å². The van der Waals surface area contributed by atoms with Crippen molar-refractivity contribution in [3.63, 3.8) is 0 Å². The number of amides is 1. The lowest BCUT2D eigenvalue weighted by atomic mass is 10.1. The van der Waals surface area contributed by atoms with Gasteiger partial charge in [-0.05, 0) is 56.7 Å². The van der Waals surface area contributed by atoms with Gasteiger partial charge in [-0.2, -0.15) is 0 Å². The van der Waals surface area contributed by atoms with Crippen LogP contribution in [0.15, 0.2) is 53.1 Å². The van der Waals surface area contributed by atoms with Crippen LogP contribution in [0.4, 0.5) is 5.69 Å². The molecule has 2 aromatic carbocycles. The molecule has 1 aromatic heterocycles. The maximum Gasteiger partial charge on any atom is 0.331 e. The van der Waals surface area contributed by atoms with Crippen molar-refractivity contribution in [3.8, 4) is 11.5 Å². The number of esters is 1. The van der Waals surface area contributed by atoms with Crippen molar-refractivity contribution in [2.75, 3.05) is 19.0 Å². The van der Waals surface area contributed by atoms with Crippen molar-refractivity contribution in [3.05, 3.63) is 76.7 Å². The van der Waals surface area contributed by atoms with Crippen LogP contribution >= 0.6 is 0 Å². The molecule has 0 aliphatic carbocycles. The molecule has 0 atom stereocenters. The third-order valence-electron chi connectivity index (χ3n) is 5.05. The summed E-state index contributed by atoms with van der Waals surface area (Å²) in [5, 5.41) is 6.49. The Morgan fingerprint density at radius 1 is 1.09 bits per heavy atom. The Hall–Kier alpha value is -4.40. The second-order valence-corrected chi connectivity index (χ2v) is 7.63. The van der Waals surface area contributed by atoms with Crippen molar-refractivity contribution in [2.24, 2.45) is 0 Å². The largest absolute Gasteiger partial charge is 0.493 e. The summed E-state index contributed by atoms with van der Waals surface area (Å²) in [7, 11) is 1.52. The molecule has 0 saturated carbocycles. The first-order valence-corrected chi connectivity index (χ1v) is 10.7. The van der Waals surface area contributed by atoms with Gasteiger partial charge in [-0.3, -0.25) is 9.59 Å². The number of nitrogens with zero attached hydrogens (tertiary/aromatic N) is 1. The van der Waals surface area contributed by atoms with E-state index < -0.39 is 18.5 Å². The average Bonchev–Trinajstić information content (AvgIpc) is 3.17. The predicted molar refractivity (Wildman–Crippen MR) is 128 cm³/mol. The standard InChI is InChI=1S/C26H26N2O7/c1-16-22(18(3)35-28-16)14-33-23-10-8-19(12-24(23)32-4)9-11-26(31)34-15-25(30)27-21-7-5-6-20(13-21)17(2)29/h5-13H,14-15H2,1-4H3,(H,27,30)/b11-9+. The van der Waals surface area contributed by atoms with Gasteiger partial charge in [0.25, 0.3) is 5.91 Å². The van der Waals surface area contributed by atoms with E-state index in [1.54, 1.807) is 42.5 Å². The van der Waals surface area contributed by atoms with E-state index in [1.807, 2.05) is 13.8 Å². The molecule has 1 N–H and O–H groups in total. The smallest absolute Gasteiger partial charge is 0.331 e. The number of benzene rings is 2. The summed E-state index contributed by atoms with van der Waals surface area (Å²) >= 11 is 0. The van der Waals surface area contributed by atoms with Gasteiger partial charge in [0.1, 0.15) is 12.4 Å². The fraction of sp³-hybridized carbons (Fsp3) is 0.231. The zero-order valence-electron chi connectivity index (χ0n) is 19.9. The highest BCUT2D eigenvalue weighted by Crippen LogP contribution is 2.30. The molecular formula is C26H26N2O7. The molecule has 1 amide bonds. The quantitative estimate of drug-likeness (QED) is 0.261. The number of Topliss-reactive ketones (excluding diaryl/α,β-unsaturated/α-hetero) is 1. The molecule has 9 heteroatoms. The molecule has 3 rings (SSSR count). The van der Waals surface area contributed by atoms with Gasteiger partial charge in [0.2, 0.25) is 0 Å². The second kappa shape index (κ2) is 11.6. The van der Waals surface area contributed by atoms with E-state index in [9.17, 15) is 14.4 Å². The molecular weight excluding hydrogens is 452 g/mol. The number of methoxy groups -OCH3 is 1. The van der Waals surface area contributed by atoms with Crippen LogP contribution in [-0.2, 0) is 20.9 Å². The lowest BCUT2D eigenvalue weighted by Crippen LogP contribution is -2.20. The number of hydrogen-bond acceptors (Lipinski definition) is 8. The van der Waals surface area contributed by atoms with Gasteiger partial charge >= 0.3 is 5.97 Å². The van der Waals surface area contributed by atoms with Crippen molar-refractivity contribution < 1.29 is 33.1 Å². The fourth-order valence-corrected chi connectivity index (χ4v) is 3.13. The Morgan fingerprint density at radius 3 is 2.57 bits per heavy atom. The summed E-state index contributed by atoms with van der Waals surface area (Å²) in [5.41, 5.74) is 3.22. The van der Waals surface area contributed by atoms with E-state index >= 15 is 0 Å². The van der Waals surface area contributed by atoms with E-state index in [2.05, 4.69) is 10.5 Å². The second-order valence-electron chi connectivity index (χ2n) is 7.63. The Balaban J connectivity index is 1.53. The first-order chi connectivity index (χ1) is 16.8. The number of anilines is 1. The number of aromatic nitrogens is 1. The molecule has 0 spiro atoms. The van der Waals surface area contributed by atoms with E-state index in [4.69, 9.17) is 18.7 Å². The Morgan fingerprint density at radius 2 is 1.89 bits per heavy atom. The van der Waals surface area contributed by atoms with Crippen LogP contribution in [0.2, 0.25) is 0 Å². The first-order valence-electron chi connectivity index (χ1n) is 10.7. The van der Waals surface area contributed by atoms with Crippen LogP contribution in [-0.4, -0.2) is 36.5 Å². The summed E-state index contributed by atoms with van der Waals surface area (Å²) in [6.07, 6.45) is 2.75. The molecule has 0 aliphatic heterocycles. The number of ether oxygens (including phenoxy) is 3. The molecule has 182 valence electrons. The van der Waals surface area contributed by atoms with Gasteiger partial charge in [-0.15, -0.1) is 0 Å². The van der Waals surface area contributed by atoms with Crippen molar-refractivity contribution >= 4 is 29.4 Å². The van der Waals surface area contributed by atoms with Gasteiger partial charge in [0, 0.05) is 17.3 Å². The Kier molecular flexibility index (Phi) is 8.39. The average molecular weight is 479 g/mol. The number of nitrogens with one attached hydrogen (secondary N) is 1. The third-order valence-corrected chi connectivity index (χ3v) is 5.05. The summed E-state index contributed by atoms with van der Waals surface area (Å²) in [6, 6.07) is 11.7. The number of carbonyl (C=O) groups excluding carboxylic acids is 3. The Bertz CT molecular complexity index is 1240. The number of ketones is 1. The van der Waals surface area contributed by atoms with Crippen LogP contribution in [0.25, 0.3) is 6.08 Å². The van der Waals surface area contributed by atoms with Crippen molar-refractivity contribution in [1.82, 2.24) is 5.16 Å². The summed E-state index contributed by atoms with van der Waals surface area (Å²) in [5.74, 6) is 0.383. The van der Waals surface area contributed by atoms with Crippen LogP contribution in [0.3, 0.4) is 0 Å². The first kappa shape index (κ1) is 25.2. The highest BCUT2D eigenvalue weighted by atomic mass is 16.5. The van der Waals surface area contributed by atoms with E-state index in [0.29, 0.717) is 34.1 Å². The highest BCUT2D eigenvalue weighted by molar-refractivity contribution is 5.98. The lowest BCUT2D eigenvalue weighted by molar-refractivity contribution is -0.142. The monoisotopic (exact) mass is 478 g/mol. The lowest BCUT2D eigenvalue weighted by Gasteiger charge is -2.11. The molecule has 0 aliphatic rings. The normalized spacial score (nSPS) is 10.7. The zero-order chi connectivity index (χ0) is 25.4. The maximum atomic E-state index is 12.0.